The molecule has 1 aromatic rings. The highest BCUT2D eigenvalue weighted by atomic mass is 16.7. The molecule has 0 aliphatic carbocycles. The number of hydrogen-bond acceptors (Lipinski definition) is 8. The van der Waals surface area contributed by atoms with E-state index in [4.69, 9.17) is 21.1 Å². The molecule has 0 spiro atoms. The number of nitrogens with two attached hydrogens (primary N) is 2. The molecule has 110 valence electrons. The van der Waals surface area contributed by atoms with E-state index in [-0.39, 0.29) is 23.0 Å². The first kappa shape index (κ1) is 15.6. The van der Waals surface area contributed by atoms with Gasteiger partial charge in [0.2, 0.25) is 0 Å². The molecule has 0 aliphatic rings. The maximum Gasteiger partial charge on any atom is 0.299 e. The summed E-state index contributed by atoms with van der Waals surface area (Å²) in [6, 6.07) is 0. The molecule has 0 radical (unpaired) electrons. The van der Waals surface area contributed by atoms with Crippen LogP contribution in [0.15, 0.2) is 0 Å². The predicted molar refractivity (Wildman–Crippen MR) is 69.1 cm³/mol. The van der Waals surface area contributed by atoms with Crippen LogP contribution in [0, 0.1) is 0 Å². The van der Waals surface area contributed by atoms with Crippen LogP contribution in [-0.4, -0.2) is 60.2 Å². The average Bonchev–Trinajstić information content (AvgIpc) is 2.45. The van der Waals surface area contributed by atoms with Crippen LogP contribution in [0.2, 0.25) is 0 Å². The number of nitrogens with zero attached hydrogens (tertiary/aromatic N) is 4. The lowest BCUT2D eigenvalue weighted by molar-refractivity contribution is -0.0764. The van der Waals surface area contributed by atoms with Gasteiger partial charge in [-0.2, -0.15) is 0 Å². The summed E-state index contributed by atoms with van der Waals surface area (Å²) in [4.78, 5) is 40.8. The van der Waals surface area contributed by atoms with Gasteiger partial charge in [0.25, 0.3) is 11.8 Å². The monoisotopic (exact) mass is 284 g/mol. The minimum Gasteiger partial charge on any atom is -0.382 e. The minimum absolute atomic E-state index is 0.205. The van der Waals surface area contributed by atoms with Gasteiger partial charge in [0.1, 0.15) is 0 Å². The van der Waals surface area contributed by atoms with Gasteiger partial charge in [-0.05, 0) is 0 Å². The highest BCUT2D eigenvalue weighted by Crippen LogP contribution is 2.16. The smallest absolute Gasteiger partial charge is 0.299 e. The minimum atomic E-state index is -0.636. The maximum atomic E-state index is 11.9. The van der Waals surface area contributed by atoms with Gasteiger partial charge in [-0.15, -0.1) is 0 Å². The number of rotatable bonds is 4. The standard InChI is InChI=1S/C10H16N6O4/c1-15(19-3)9(17)5-7(11)14-6(8(12)13-5)10(18)16(2)20-4/h1-4H3,(H2,12,13)(H2,11,14). The molecular formula is C10H16N6O4. The second-order valence-electron chi connectivity index (χ2n) is 3.66. The molecule has 0 atom stereocenters. The largest absolute Gasteiger partial charge is 0.382 e. The van der Waals surface area contributed by atoms with Crippen molar-refractivity contribution in [2.75, 3.05) is 39.8 Å². The summed E-state index contributed by atoms with van der Waals surface area (Å²) in [5.74, 6) is -1.74. The van der Waals surface area contributed by atoms with Crippen molar-refractivity contribution in [3.05, 3.63) is 11.4 Å². The van der Waals surface area contributed by atoms with Crippen molar-refractivity contribution in [3.63, 3.8) is 0 Å². The number of amides is 2. The van der Waals surface area contributed by atoms with E-state index in [9.17, 15) is 9.59 Å². The Morgan fingerprint density at radius 2 is 1.20 bits per heavy atom. The summed E-state index contributed by atoms with van der Waals surface area (Å²) < 4.78 is 0. The molecule has 0 saturated heterocycles. The van der Waals surface area contributed by atoms with E-state index in [0.29, 0.717) is 0 Å². The Hall–Kier alpha value is -2.46. The van der Waals surface area contributed by atoms with Crippen LogP contribution in [0.1, 0.15) is 21.0 Å². The highest BCUT2D eigenvalue weighted by Gasteiger charge is 2.24. The van der Waals surface area contributed by atoms with Gasteiger partial charge in [0, 0.05) is 14.1 Å². The molecule has 10 nitrogen and oxygen atoms in total. The number of carbonyl (C=O) groups is 2. The summed E-state index contributed by atoms with van der Waals surface area (Å²) in [6.07, 6.45) is 0. The summed E-state index contributed by atoms with van der Waals surface area (Å²) >= 11 is 0. The molecule has 0 aliphatic heterocycles. The Kier molecular flexibility index (Phi) is 4.78. The summed E-state index contributed by atoms with van der Waals surface area (Å²) in [6.45, 7) is 0. The molecule has 1 heterocycles. The number of nitrogen functional groups attached to an aromatic ring is 2. The van der Waals surface area contributed by atoms with Gasteiger partial charge in [-0.1, -0.05) is 0 Å². The molecule has 20 heavy (non-hydrogen) atoms. The molecule has 2 amide bonds. The fraction of sp³-hybridized carbons (Fsp3) is 0.400. The van der Waals surface area contributed by atoms with Crippen molar-refractivity contribution in [3.8, 4) is 0 Å². The fourth-order valence-electron chi connectivity index (χ4n) is 1.24. The van der Waals surface area contributed by atoms with E-state index < -0.39 is 11.8 Å². The number of hydrogen-bond donors (Lipinski definition) is 2. The van der Waals surface area contributed by atoms with Gasteiger partial charge in [0.05, 0.1) is 14.2 Å². The van der Waals surface area contributed by atoms with Crippen molar-refractivity contribution in [1.82, 2.24) is 20.1 Å². The third-order valence-electron chi connectivity index (χ3n) is 2.47. The van der Waals surface area contributed by atoms with E-state index in [1.807, 2.05) is 0 Å². The van der Waals surface area contributed by atoms with Gasteiger partial charge < -0.3 is 11.5 Å². The number of carbonyl (C=O) groups excluding carboxylic acids is 2. The summed E-state index contributed by atoms with van der Waals surface area (Å²) in [5.41, 5.74) is 10.8. The molecule has 0 fully saturated rings. The Morgan fingerprint density at radius 3 is 1.45 bits per heavy atom. The molecule has 0 aromatic carbocycles. The molecular weight excluding hydrogens is 268 g/mol. The van der Waals surface area contributed by atoms with Crippen molar-refractivity contribution in [2.45, 2.75) is 0 Å². The third kappa shape index (κ3) is 2.92. The highest BCUT2D eigenvalue weighted by molar-refractivity contribution is 6.00. The maximum absolute atomic E-state index is 11.9. The van der Waals surface area contributed by atoms with E-state index in [0.717, 1.165) is 10.1 Å². The molecule has 1 aromatic heterocycles. The van der Waals surface area contributed by atoms with Crippen LogP contribution in [-0.2, 0) is 9.68 Å². The number of hydroxylamine groups is 4. The Bertz CT molecular complexity index is 487. The Labute approximate surface area is 115 Å². The van der Waals surface area contributed by atoms with Gasteiger partial charge >= 0.3 is 0 Å². The van der Waals surface area contributed by atoms with Crippen molar-refractivity contribution >= 4 is 23.5 Å². The van der Waals surface area contributed by atoms with E-state index in [1.54, 1.807) is 0 Å². The van der Waals surface area contributed by atoms with Crippen LogP contribution in [0.25, 0.3) is 0 Å². The van der Waals surface area contributed by atoms with Crippen LogP contribution >= 0.6 is 0 Å². The lowest BCUT2D eigenvalue weighted by Crippen LogP contribution is -2.31. The van der Waals surface area contributed by atoms with E-state index in [2.05, 4.69) is 9.97 Å². The first-order chi connectivity index (χ1) is 9.33. The molecule has 0 bridgehead atoms. The van der Waals surface area contributed by atoms with E-state index >= 15 is 0 Å². The molecule has 0 saturated carbocycles. The third-order valence-corrected chi connectivity index (χ3v) is 2.47. The molecule has 0 unspecified atom stereocenters. The molecule has 1 rings (SSSR count). The zero-order valence-electron chi connectivity index (χ0n) is 11.6. The summed E-state index contributed by atoms with van der Waals surface area (Å²) in [5, 5.41) is 1.81. The van der Waals surface area contributed by atoms with Gasteiger partial charge in [-0.25, -0.2) is 20.1 Å². The van der Waals surface area contributed by atoms with Crippen LogP contribution in [0.4, 0.5) is 11.6 Å². The van der Waals surface area contributed by atoms with Crippen LogP contribution in [0.3, 0.4) is 0 Å². The zero-order valence-corrected chi connectivity index (χ0v) is 11.6. The quantitative estimate of drug-likeness (QED) is 0.665. The van der Waals surface area contributed by atoms with Crippen LogP contribution in [0.5, 0.6) is 0 Å². The fourth-order valence-corrected chi connectivity index (χ4v) is 1.24. The van der Waals surface area contributed by atoms with Crippen molar-refractivity contribution in [1.29, 1.82) is 0 Å². The van der Waals surface area contributed by atoms with Crippen LogP contribution < -0.4 is 11.5 Å². The van der Waals surface area contributed by atoms with Crippen molar-refractivity contribution in [2.24, 2.45) is 0 Å². The molecule has 10 heteroatoms. The van der Waals surface area contributed by atoms with Crippen molar-refractivity contribution < 1.29 is 19.3 Å². The lowest BCUT2D eigenvalue weighted by atomic mass is 10.3. The number of anilines is 2. The molecule has 4 N–H and O–H groups in total. The second kappa shape index (κ2) is 6.12. The zero-order chi connectivity index (χ0) is 15.4. The average molecular weight is 284 g/mol. The first-order valence-electron chi connectivity index (χ1n) is 5.40. The normalized spacial score (nSPS) is 10.2. The second-order valence-corrected chi connectivity index (χ2v) is 3.66. The SMILES string of the molecule is CON(C)C(=O)c1nc(N)c(C(=O)N(C)OC)nc1N. The van der Waals surface area contributed by atoms with E-state index in [1.165, 1.54) is 28.3 Å². The Morgan fingerprint density at radius 1 is 0.900 bits per heavy atom. The Balaban J connectivity index is 3.22. The van der Waals surface area contributed by atoms with Gasteiger partial charge in [-0.3, -0.25) is 19.3 Å². The predicted octanol–water partition coefficient (Wildman–Crippen LogP) is -1.09. The lowest BCUT2D eigenvalue weighted by Gasteiger charge is -2.16. The first-order valence-corrected chi connectivity index (χ1v) is 5.40. The topological polar surface area (TPSA) is 137 Å². The van der Waals surface area contributed by atoms with Gasteiger partial charge in [0.15, 0.2) is 23.0 Å². The summed E-state index contributed by atoms with van der Waals surface area (Å²) in [7, 11) is 5.35. The number of aromatic nitrogens is 2.